The predicted molar refractivity (Wildman–Crippen MR) is 104 cm³/mol. The number of hydrogen-bond acceptors (Lipinski definition) is 8. The lowest BCUT2D eigenvalue weighted by Crippen LogP contribution is -2.23. The first-order valence-corrected chi connectivity index (χ1v) is 9.16. The summed E-state index contributed by atoms with van der Waals surface area (Å²) in [6.07, 6.45) is 1.30. The van der Waals surface area contributed by atoms with Crippen molar-refractivity contribution in [3.63, 3.8) is 0 Å². The second-order valence-electron chi connectivity index (χ2n) is 6.58. The molecule has 0 aliphatic carbocycles. The highest BCUT2D eigenvalue weighted by Crippen LogP contribution is 2.24. The van der Waals surface area contributed by atoms with E-state index in [-0.39, 0.29) is 30.0 Å². The Morgan fingerprint density at radius 3 is 2.70 bits per heavy atom. The maximum Gasteiger partial charge on any atom is 0.338 e. The van der Waals surface area contributed by atoms with Gasteiger partial charge >= 0.3 is 5.97 Å². The minimum Gasteiger partial charge on any atom is -0.452 e. The van der Waals surface area contributed by atoms with Crippen molar-refractivity contribution in [2.45, 2.75) is 19.4 Å². The van der Waals surface area contributed by atoms with Gasteiger partial charge in [0.1, 0.15) is 0 Å². The van der Waals surface area contributed by atoms with Crippen LogP contribution in [-0.2, 0) is 16.1 Å². The van der Waals surface area contributed by atoms with Crippen LogP contribution in [0.2, 0.25) is 0 Å². The second kappa shape index (κ2) is 8.11. The summed E-state index contributed by atoms with van der Waals surface area (Å²) in [6.45, 7) is 0.399. The predicted octanol–water partition coefficient (Wildman–Crippen LogP) is 3.13. The van der Waals surface area contributed by atoms with Crippen molar-refractivity contribution in [2.75, 3.05) is 11.4 Å². The molecule has 10 nitrogen and oxygen atoms in total. The van der Waals surface area contributed by atoms with E-state index in [2.05, 4.69) is 10.2 Å². The summed E-state index contributed by atoms with van der Waals surface area (Å²) in [5.74, 6) is -0.309. The van der Waals surface area contributed by atoms with Crippen molar-refractivity contribution in [2.24, 2.45) is 0 Å². The molecule has 4 rings (SSSR count). The van der Waals surface area contributed by atoms with Crippen molar-refractivity contribution < 1.29 is 23.7 Å². The Bertz CT molecular complexity index is 1110. The Labute approximate surface area is 170 Å². The summed E-state index contributed by atoms with van der Waals surface area (Å²) in [4.78, 5) is 36.1. The van der Waals surface area contributed by atoms with E-state index >= 15 is 0 Å². The molecular weight excluding hydrogens is 392 g/mol. The van der Waals surface area contributed by atoms with Crippen LogP contribution in [0.3, 0.4) is 0 Å². The Kier molecular flexibility index (Phi) is 5.21. The van der Waals surface area contributed by atoms with Gasteiger partial charge in [-0.3, -0.25) is 14.9 Å². The number of nitrogens with zero attached hydrogens (tertiary/aromatic N) is 4. The molecular formula is C20H16N4O6. The first-order valence-electron chi connectivity index (χ1n) is 9.16. The van der Waals surface area contributed by atoms with Crippen molar-refractivity contribution in [1.82, 2.24) is 10.2 Å². The molecule has 0 unspecified atom stereocenters. The van der Waals surface area contributed by atoms with Crippen LogP contribution in [0.15, 0.2) is 52.9 Å². The van der Waals surface area contributed by atoms with Crippen molar-refractivity contribution in [3.05, 3.63) is 70.1 Å². The van der Waals surface area contributed by atoms with E-state index in [0.29, 0.717) is 29.8 Å². The van der Waals surface area contributed by atoms with Crippen LogP contribution in [-0.4, -0.2) is 33.5 Å². The van der Waals surface area contributed by atoms with Crippen LogP contribution in [0.4, 0.5) is 11.4 Å². The van der Waals surface area contributed by atoms with Crippen LogP contribution in [0.5, 0.6) is 0 Å². The number of non-ortho nitro benzene ring substituents is 1. The fourth-order valence-corrected chi connectivity index (χ4v) is 3.09. The molecule has 0 spiro atoms. The summed E-state index contributed by atoms with van der Waals surface area (Å²) in [7, 11) is 0. The topological polar surface area (TPSA) is 129 Å². The zero-order chi connectivity index (χ0) is 21.1. The van der Waals surface area contributed by atoms with E-state index in [9.17, 15) is 19.7 Å². The van der Waals surface area contributed by atoms with Crippen LogP contribution in [0, 0.1) is 10.1 Å². The van der Waals surface area contributed by atoms with Gasteiger partial charge in [0, 0.05) is 36.3 Å². The third-order valence-electron chi connectivity index (χ3n) is 4.59. The molecule has 1 aromatic heterocycles. The SMILES string of the molecule is O=C(OCc1nnc(-c2ccc([N+](=O)[O-])cc2)o1)c1cccc(N2CCCC2=O)c1. The molecule has 0 atom stereocenters. The van der Waals surface area contributed by atoms with E-state index in [4.69, 9.17) is 9.15 Å². The molecule has 1 amide bonds. The maximum absolute atomic E-state index is 12.4. The minimum absolute atomic E-state index is 0.0325. The number of carbonyl (C=O) groups is 2. The molecule has 0 radical (unpaired) electrons. The number of amides is 1. The summed E-state index contributed by atoms with van der Waals surface area (Å²) in [6, 6.07) is 12.3. The van der Waals surface area contributed by atoms with Gasteiger partial charge in [0.05, 0.1) is 10.5 Å². The largest absolute Gasteiger partial charge is 0.452 e. The highest BCUT2D eigenvalue weighted by Gasteiger charge is 2.22. The van der Waals surface area contributed by atoms with E-state index < -0.39 is 10.9 Å². The van der Waals surface area contributed by atoms with Crippen LogP contribution in [0.1, 0.15) is 29.1 Å². The Balaban J connectivity index is 1.40. The van der Waals surface area contributed by atoms with Crippen molar-refractivity contribution >= 4 is 23.3 Å². The van der Waals surface area contributed by atoms with Gasteiger partial charge in [-0.2, -0.15) is 0 Å². The number of anilines is 1. The van der Waals surface area contributed by atoms with Gasteiger partial charge in [-0.1, -0.05) is 6.07 Å². The van der Waals surface area contributed by atoms with Crippen LogP contribution < -0.4 is 4.90 Å². The molecule has 3 aromatic rings. The lowest BCUT2D eigenvalue weighted by molar-refractivity contribution is -0.384. The van der Waals surface area contributed by atoms with Gasteiger partial charge in [-0.25, -0.2) is 4.79 Å². The van der Waals surface area contributed by atoms with Gasteiger partial charge in [-0.15, -0.1) is 10.2 Å². The summed E-state index contributed by atoms with van der Waals surface area (Å²) in [5, 5.41) is 18.4. The summed E-state index contributed by atoms with van der Waals surface area (Å²) >= 11 is 0. The van der Waals surface area contributed by atoms with Gasteiger partial charge in [0.2, 0.25) is 11.8 Å². The van der Waals surface area contributed by atoms with E-state index in [1.54, 1.807) is 29.2 Å². The average Bonchev–Trinajstić information content (AvgIpc) is 3.41. The molecule has 1 fully saturated rings. The standard InChI is InChI=1S/C20H16N4O6/c25-18-5-2-10-23(18)16-4-1-3-14(11-16)20(26)29-12-17-21-22-19(30-17)13-6-8-15(9-7-13)24(27)28/h1,3-4,6-9,11H,2,5,10,12H2. The number of rotatable bonds is 6. The number of nitro groups is 1. The Morgan fingerprint density at radius 2 is 2.00 bits per heavy atom. The van der Waals surface area contributed by atoms with Gasteiger partial charge in [0.25, 0.3) is 11.6 Å². The molecule has 0 N–H and O–H groups in total. The van der Waals surface area contributed by atoms with Crippen LogP contribution in [0.25, 0.3) is 11.5 Å². The number of esters is 1. The lowest BCUT2D eigenvalue weighted by atomic mass is 10.2. The van der Waals surface area contributed by atoms with E-state index in [1.807, 2.05) is 0 Å². The highest BCUT2D eigenvalue weighted by molar-refractivity contribution is 5.97. The van der Waals surface area contributed by atoms with Gasteiger partial charge < -0.3 is 14.1 Å². The molecule has 2 heterocycles. The monoisotopic (exact) mass is 408 g/mol. The summed E-state index contributed by atoms with van der Waals surface area (Å²) in [5.41, 5.74) is 1.42. The van der Waals surface area contributed by atoms with Gasteiger partial charge in [-0.05, 0) is 36.8 Å². The molecule has 10 heteroatoms. The normalized spacial score (nSPS) is 13.5. The molecule has 0 bridgehead atoms. The zero-order valence-corrected chi connectivity index (χ0v) is 15.7. The number of ether oxygens (including phenoxy) is 1. The Hall–Kier alpha value is -4.08. The number of benzene rings is 2. The molecule has 30 heavy (non-hydrogen) atoms. The molecule has 0 saturated carbocycles. The molecule has 152 valence electrons. The second-order valence-corrected chi connectivity index (χ2v) is 6.58. The summed E-state index contributed by atoms with van der Waals surface area (Å²) < 4.78 is 10.7. The smallest absolute Gasteiger partial charge is 0.338 e. The van der Waals surface area contributed by atoms with E-state index in [0.717, 1.165) is 6.42 Å². The average molecular weight is 408 g/mol. The van der Waals surface area contributed by atoms with Crippen molar-refractivity contribution in [1.29, 1.82) is 0 Å². The zero-order valence-electron chi connectivity index (χ0n) is 15.7. The van der Waals surface area contributed by atoms with Crippen LogP contribution >= 0.6 is 0 Å². The van der Waals surface area contributed by atoms with E-state index in [1.165, 1.54) is 24.3 Å². The fourth-order valence-electron chi connectivity index (χ4n) is 3.09. The number of aromatic nitrogens is 2. The highest BCUT2D eigenvalue weighted by atomic mass is 16.6. The first-order chi connectivity index (χ1) is 14.5. The first kappa shape index (κ1) is 19.2. The number of nitro benzene ring substituents is 1. The third kappa shape index (κ3) is 4.02. The number of carbonyl (C=O) groups excluding carboxylic acids is 2. The maximum atomic E-state index is 12.4. The third-order valence-corrected chi connectivity index (χ3v) is 4.59. The molecule has 1 aliphatic heterocycles. The van der Waals surface area contributed by atoms with Gasteiger partial charge in [0.15, 0.2) is 6.61 Å². The number of hydrogen-bond donors (Lipinski definition) is 0. The fraction of sp³-hybridized carbons (Fsp3) is 0.200. The van der Waals surface area contributed by atoms with Crippen molar-refractivity contribution in [3.8, 4) is 11.5 Å². The molecule has 1 saturated heterocycles. The molecule has 1 aliphatic rings. The quantitative estimate of drug-likeness (QED) is 0.346. The minimum atomic E-state index is -0.585. The lowest BCUT2D eigenvalue weighted by Gasteiger charge is -2.16. The Morgan fingerprint density at radius 1 is 1.20 bits per heavy atom. The molecule has 2 aromatic carbocycles.